The van der Waals surface area contributed by atoms with Gasteiger partial charge < -0.3 is 10.2 Å². The van der Waals surface area contributed by atoms with E-state index in [2.05, 4.69) is 10.4 Å². The molecule has 0 aliphatic carbocycles. The molecule has 7 heteroatoms. The maximum Gasteiger partial charge on any atom is 0.253 e. The lowest BCUT2D eigenvalue weighted by Crippen LogP contribution is -2.31. The lowest BCUT2D eigenvalue weighted by Gasteiger charge is -2.11. The van der Waals surface area contributed by atoms with Gasteiger partial charge in [-0.25, -0.2) is 9.97 Å². The summed E-state index contributed by atoms with van der Waals surface area (Å²) in [7, 11) is 5.84. The number of benzene rings is 2. The molecule has 0 aliphatic heterocycles. The summed E-state index contributed by atoms with van der Waals surface area (Å²) in [5.41, 5.74) is 4.40. The first-order valence-electron chi connectivity index (χ1n) is 8.49. The number of likely N-dealkylation sites (N-methyl/N-ethyl adjacent to an activating group) is 1. The Hall–Kier alpha value is -3.06. The highest BCUT2D eigenvalue weighted by atomic mass is 16.1. The molecule has 2 aromatic carbocycles. The molecule has 1 N–H and O–H groups in total. The van der Waals surface area contributed by atoms with E-state index in [9.17, 15) is 4.79 Å². The van der Waals surface area contributed by atoms with Crippen LogP contribution in [0, 0.1) is 0 Å². The van der Waals surface area contributed by atoms with E-state index < -0.39 is 0 Å². The van der Waals surface area contributed by atoms with Crippen LogP contribution in [0.15, 0.2) is 36.5 Å². The normalized spacial score (nSPS) is 11.7. The summed E-state index contributed by atoms with van der Waals surface area (Å²) in [6.07, 6.45) is 1.79. The average molecular weight is 348 g/mol. The summed E-state index contributed by atoms with van der Waals surface area (Å²) in [5.74, 6) is -0.135. The van der Waals surface area contributed by atoms with Crippen LogP contribution in [0.1, 0.15) is 10.4 Å². The number of rotatable bonds is 4. The molecule has 0 atom stereocenters. The van der Waals surface area contributed by atoms with E-state index in [1.807, 2.05) is 50.3 Å². The fourth-order valence-corrected chi connectivity index (χ4v) is 3.06. The second kappa shape index (κ2) is 6.34. The van der Waals surface area contributed by atoms with Gasteiger partial charge in [0, 0.05) is 25.5 Å². The third kappa shape index (κ3) is 2.76. The SMILES string of the molecule is CN(C)CCNC(=O)c1cccc2nc3ccc4c(cnn4C)c3nc12. The molecule has 0 bridgehead atoms. The lowest BCUT2D eigenvalue weighted by molar-refractivity contribution is 0.0952. The number of carbonyl (C=O) groups is 1. The molecule has 0 spiro atoms. The maximum absolute atomic E-state index is 12.6. The Labute approximate surface area is 150 Å². The van der Waals surface area contributed by atoms with Crippen LogP contribution in [0.3, 0.4) is 0 Å². The van der Waals surface area contributed by atoms with Gasteiger partial charge in [0.15, 0.2) is 0 Å². The first-order chi connectivity index (χ1) is 12.5. The van der Waals surface area contributed by atoms with E-state index in [0.29, 0.717) is 23.1 Å². The van der Waals surface area contributed by atoms with E-state index in [4.69, 9.17) is 9.97 Å². The predicted octanol–water partition coefficient (Wildman–Crippen LogP) is 1.96. The molecule has 0 unspecified atom stereocenters. The second-order valence-corrected chi connectivity index (χ2v) is 6.59. The molecule has 7 nitrogen and oxygen atoms in total. The van der Waals surface area contributed by atoms with Crippen molar-refractivity contribution in [1.82, 2.24) is 30.0 Å². The van der Waals surface area contributed by atoms with E-state index in [1.54, 1.807) is 16.9 Å². The molecule has 132 valence electrons. The average Bonchev–Trinajstić information content (AvgIpc) is 3.00. The van der Waals surface area contributed by atoms with Crippen LogP contribution < -0.4 is 5.32 Å². The maximum atomic E-state index is 12.6. The van der Waals surface area contributed by atoms with Gasteiger partial charge in [-0.15, -0.1) is 0 Å². The van der Waals surface area contributed by atoms with E-state index in [1.165, 1.54) is 0 Å². The van der Waals surface area contributed by atoms with Gasteiger partial charge in [-0.1, -0.05) is 6.07 Å². The van der Waals surface area contributed by atoms with Gasteiger partial charge in [0.25, 0.3) is 5.91 Å². The molecule has 4 rings (SSSR count). The highest BCUT2D eigenvalue weighted by Gasteiger charge is 2.14. The largest absolute Gasteiger partial charge is 0.351 e. The number of hydrogen-bond donors (Lipinski definition) is 1. The van der Waals surface area contributed by atoms with E-state index >= 15 is 0 Å². The molecular weight excluding hydrogens is 328 g/mol. The number of fused-ring (bicyclic) bond motifs is 4. The minimum atomic E-state index is -0.135. The van der Waals surface area contributed by atoms with Crippen molar-refractivity contribution in [2.75, 3.05) is 27.2 Å². The fraction of sp³-hybridized carbons (Fsp3) is 0.263. The molecule has 2 heterocycles. The quantitative estimate of drug-likeness (QED) is 0.571. The smallest absolute Gasteiger partial charge is 0.253 e. The topological polar surface area (TPSA) is 75.9 Å². The summed E-state index contributed by atoms with van der Waals surface area (Å²) in [6, 6.07) is 9.44. The monoisotopic (exact) mass is 348 g/mol. The summed E-state index contributed by atoms with van der Waals surface area (Å²) < 4.78 is 1.81. The minimum Gasteiger partial charge on any atom is -0.351 e. The summed E-state index contributed by atoms with van der Waals surface area (Å²) in [5, 5.41) is 8.18. The third-order valence-electron chi connectivity index (χ3n) is 4.45. The number of carbonyl (C=O) groups excluding carboxylic acids is 1. The number of aryl methyl sites for hydroxylation is 1. The number of nitrogens with one attached hydrogen (secondary N) is 1. The Morgan fingerprint density at radius 2 is 1.92 bits per heavy atom. The highest BCUT2D eigenvalue weighted by Crippen LogP contribution is 2.25. The number of hydrogen-bond acceptors (Lipinski definition) is 5. The van der Waals surface area contributed by atoms with Gasteiger partial charge in [-0.2, -0.15) is 5.10 Å². The first kappa shape index (κ1) is 16.4. The zero-order valence-electron chi connectivity index (χ0n) is 15.0. The van der Waals surface area contributed by atoms with Crippen LogP contribution in [0.4, 0.5) is 0 Å². The van der Waals surface area contributed by atoms with Crippen LogP contribution in [-0.4, -0.2) is 57.7 Å². The van der Waals surface area contributed by atoms with Gasteiger partial charge >= 0.3 is 0 Å². The van der Waals surface area contributed by atoms with E-state index in [0.717, 1.165) is 28.5 Å². The van der Waals surface area contributed by atoms with Gasteiger partial charge in [0.2, 0.25) is 0 Å². The molecular formula is C19H20N6O. The molecule has 4 aromatic rings. The number of aromatic nitrogens is 4. The summed E-state index contributed by atoms with van der Waals surface area (Å²) >= 11 is 0. The van der Waals surface area contributed by atoms with Crippen LogP contribution in [0.5, 0.6) is 0 Å². The van der Waals surface area contributed by atoms with Crippen molar-refractivity contribution in [2.24, 2.45) is 7.05 Å². The Bertz CT molecular complexity index is 1130. The van der Waals surface area contributed by atoms with Crippen molar-refractivity contribution in [3.8, 4) is 0 Å². The molecule has 0 radical (unpaired) electrons. The molecule has 0 saturated heterocycles. The minimum absolute atomic E-state index is 0.135. The molecule has 0 saturated carbocycles. The summed E-state index contributed by atoms with van der Waals surface area (Å²) in [6.45, 7) is 1.36. The molecule has 0 fully saturated rings. The number of amides is 1. The zero-order chi connectivity index (χ0) is 18.3. The third-order valence-corrected chi connectivity index (χ3v) is 4.45. The van der Waals surface area contributed by atoms with Crippen molar-refractivity contribution in [1.29, 1.82) is 0 Å². The molecule has 26 heavy (non-hydrogen) atoms. The summed E-state index contributed by atoms with van der Waals surface area (Å²) in [4.78, 5) is 24.2. The lowest BCUT2D eigenvalue weighted by atomic mass is 10.1. The Morgan fingerprint density at radius 1 is 1.12 bits per heavy atom. The zero-order valence-corrected chi connectivity index (χ0v) is 15.0. The van der Waals surface area contributed by atoms with Crippen LogP contribution in [-0.2, 0) is 7.05 Å². The van der Waals surface area contributed by atoms with Crippen molar-refractivity contribution < 1.29 is 4.79 Å². The standard InChI is InChI=1S/C19H20N6O/c1-24(2)10-9-20-19(26)12-5-4-6-14-17(12)23-18-13-11-21-25(3)16(13)8-7-15(18)22-14/h4-8,11H,9-10H2,1-3H3,(H,20,26). The Morgan fingerprint density at radius 3 is 2.73 bits per heavy atom. The second-order valence-electron chi connectivity index (χ2n) is 6.59. The van der Waals surface area contributed by atoms with Gasteiger partial charge in [0.05, 0.1) is 28.3 Å². The fourth-order valence-electron chi connectivity index (χ4n) is 3.06. The number of para-hydroxylation sites is 1. The highest BCUT2D eigenvalue weighted by molar-refractivity contribution is 6.09. The van der Waals surface area contributed by atoms with Gasteiger partial charge in [0.1, 0.15) is 11.0 Å². The van der Waals surface area contributed by atoms with E-state index in [-0.39, 0.29) is 5.91 Å². The van der Waals surface area contributed by atoms with Crippen molar-refractivity contribution in [2.45, 2.75) is 0 Å². The van der Waals surface area contributed by atoms with Gasteiger partial charge in [-0.05, 0) is 38.4 Å². The number of nitrogens with zero attached hydrogens (tertiary/aromatic N) is 5. The van der Waals surface area contributed by atoms with Crippen molar-refractivity contribution in [3.63, 3.8) is 0 Å². The Balaban J connectivity index is 1.85. The Kier molecular flexibility index (Phi) is 4.00. The predicted molar refractivity (Wildman–Crippen MR) is 102 cm³/mol. The van der Waals surface area contributed by atoms with Crippen molar-refractivity contribution in [3.05, 3.63) is 42.1 Å². The molecule has 2 aromatic heterocycles. The van der Waals surface area contributed by atoms with Crippen LogP contribution >= 0.6 is 0 Å². The molecule has 1 amide bonds. The van der Waals surface area contributed by atoms with Gasteiger partial charge in [-0.3, -0.25) is 9.48 Å². The van der Waals surface area contributed by atoms with Crippen LogP contribution in [0.25, 0.3) is 33.0 Å². The van der Waals surface area contributed by atoms with Crippen LogP contribution in [0.2, 0.25) is 0 Å². The van der Waals surface area contributed by atoms with Crippen molar-refractivity contribution >= 4 is 38.9 Å². The molecule has 0 aliphatic rings. The first-order valence-corrected chi connectivity index (χ1v) is 8.49.